The number of aromatic nitrogens is 1. The summed E-state index contributed by atoms with van der Waals surface area (Å²) in [5.74, 6) is -12.0. The summed E-state index contributed by atoms with van der Waals surface area (Å²) in [6.07, 6.45) is 1.51. The van der Waals surface area contributed by atoms with Gasteiger partial charge in [0.1, 0.15) is 5.69 Å². The topological polar surface area (TPSA) is 37.6 Å². The fraction of sp³-hybridized carbons (Fsp3) is 0.143. The largest absolute Gasteiger partial charge is 0.340 e. The number of hydrogen-bond donors (Lipinski definition) is 0. The number of halogens is 7. The van der Waals surface area contributed by atoms with Crippen LogP contribution >= 0.6 is 23.2 Å². The van der Waals surface area contributed by atoms with E-state index in [-0.39, 0.29) is 16.3 Å². The van der Waals surface area contributed by atoms with Crippen LogP contribution in [0.25, 0.3) is 17.0 Å². The van der Waals surface area contributed by atoms with Crippen LogP contribution in [-0.4, -0.2) is 16.2 Å². The fourth-order valence-electron chi connectivity index (χ4n) is 4.59. The van der Waals surface area contributed by atoms with Crippen LogP contribution in [0.5, 0.6) is 0 Å². The average Bonchev–Trinajstić information content (AvgIpc) is 3.31. The van der Waals surface area contributed by atoms with Crippen LogP contribution in [0.2, 0.25) is 10.0 Å². The van der Waals surface area contributed by atoms with E-state index in [4.69, 9.17) is 23.2 Å². The Labute approximate surface area is 229 Å². The number of benzene rings is 3. The molecule has 39 heavy (non-hydrogen) atoms. The number of hydrazone groups is 1. The third-order valence-corrected chi connectivity index (χ3v) is 7.34. The number of rotatable bonds is 4. The van der Waals surface area contributed by atoms with E-state index in [2.05, 4.69) is 5.10 Å². The zero-order valence-corrected chi connectivity index (χ0v) is 22.2. The molecule has 0 aliphatic carbocycles. The Hall–Kier alpha value is -3.69. The van der Waals surface area contributed by atoms with Gasteiger partial charge in [-0.3, -0.25) is 4.79 Å². The van der Waals surface area contributed by atoms with E-state index in [9.17, 15) is 26.7 Å². The predicted octanol–water partition coefficient (Wildman–Crippen LogP) is 8.11. The first-order valence-electron chi connectivity index (χ1n) is 11.6. The monoisotopic (exact) mass is 577 g/mol. The smallest absolute Gasteiger partial charge is 0.280 e. The minimum atomic E-state index is -2.32. The van der Waals surface area contributed by atoms with Gasteiger partial charge in [-0.2, -0.15) is 10.1 Å². The summed E-state index contributed by atoms with van der Waals surface area (Å²) in [4.78, 5) is 13.3. The molecule has 1 aliphatic rings. The van der Waals surface area contributed by atoms with Crippen molar-refractivity contribution in [3.8, 4) is 0 Å². The third-order valence-electron chi connectivity index (χ3n) is 6.60. The van der Waals surface area contributed by atoms with Crippen molar-refractivity contribution in [2.75, 3.05) is 5.01 Å². The zero-order valence-electron chi connectivity index (χ0n) is 20.6. The Morgan fingerprint density at radius 2 is 1.49 bits per heavy atom. The highest BCUT2D eigenvalue weighted by Gasteiger charge is 2.37. The molecule has 0 bridgehead atoms. The van der Waals surface area contributed by atoms with Crippen molar-refractivity contribution in [2.45, 2.75) is 27.3 Å². The van der Waals surface area contributed by atoms with Gasteiger partial charge < -0.3 is 4.57 Å². The van der Waals surface area contributed by atoms with Crippen LogP contribution in [0.15, 0.2) is 47.1 Å². The lowest BCUT2D eigenvalue weighted by Crippen LogP contribution is -2.25. The minimum absolute atomic E-state index is 0.0429. The maximum absolute atomic E-state index is 14.5. The number of hydrogen-bond acceptors (Lipinski definition) is 2. The molecule has 0 saturated heterocycles. The second-order valence-corrected chi connectivity index (χ2v) is 9.95. The summed E-state index contributed by atoms with van der Waals surface area (Å²) in [6, 6.07) is 11.1. The van der Waals surface area contributed by atoms with Crippen molar-refractivity contribution in [2.24, 2.45) is 5.10 Å². The predicted molar refractivity (Wildman–Crippen MR) is 142 cm³/mol. The van der Waals surface area contributed by atoms with Crippen molar-refractivity contribution >= 4 is 57.5 Å². The fourth-order valence-corrected chi connectivity index (χ4v) is 4.91. The van der Waals surface area contributed by atoms with Gasteiger partial charge in [-0.15, -0.1) is 0 Å². The van der Waals surface area contributed by atoms with Crippen molar-refractivity contribution in [1.82, 2.24) is 4.57 Å². The van der Waals surface area contributed by atoms with Crippen LogP contribution < -0.4 is 5.01 Å². The Kier molecular flexibility index (Phi) is 6.76. The summed E-state index contributed by atoms with van der Waals surface area (Å²) >= 11 is 12.3. The quantitative estimate of drug-likeness (QED) is 0.104. The molecule has 0 atom stereocenters. The molecule has 0 unspecified atom stereocenters. The highest BCUT2D eigenvalue weighted by atomic mass is 35.5. The molecule has 3 aromatic carbocycles. The number of anilines is 1. The molecule has 200 valence electrons. The standard InChI is InChI=1S/C28H18Cl2F5N3O/c1-12-4-7-21-18(8-12)17(14(3)37(21)11-15-5-6-19(29)20(30)9-15)10-16-13(2)36-38(28(16)39)27-25(34)23(32)22(31)24(33)26(27)35/h4-10H,11H2,1-3H3/b16-10+. The van der Waals surface area contributed by atoms with Gasteiger partial charge in [-0.05, 0) is 56.7 Å². The Morgan fingerprint density at radius 3 is 2.13 bits per heavy atom. The number of fused-ring (bicyclic) bond motifs is 1. The van der Waals surface area contributed by atoms with E-state index in [0.29, 0.717) is 22.2 Å². The second-order valence-electron chi connectivity index (χ2n) is 9.13. The number of amides is 1. The van der Waals surface area contributed by atoms with Gasteiger partial charge in [0.25, 0.3) is 5.91 Å². The normalized spacial score (nSPS) is 14.7. The van der Waals surface area contributed by atoms with Gasteiger partial charge in [0.05, 0.1) is 21.3 Å². The number of aryl methyl sites for hydroxylation is 1. The Morgan fingerprint density at radius 1 is 0.846 bits per heavy atom. The molecule has 2 heterocycles. The molecular formula is C28H18Cl2F5N3O. The van der Waals surface area contributed by atoms with Gasteiger partial charge in [0.15, 0.2) is 23.3 Å². The molecule has 4 nitrogen and oxygen atoms in total. The van der Waals surface area contributed by atoms with Gasteiger partial charge in [-0.25, -0.2) is 22.0 Å². The lowest BCUT2D eigenvalue weighted by atomic mass is 10.0. The van der Waals surface area contributed by atoms with Crippen LogP contribution in [-0.2, 0) is 11.3 Å². The van der Waals surface area contributed by atoms with Crippen LogP contribution in [0.1, 0.15) is 29.3 Å². The van der Waals surface area contributed by atoms with E-state index in [1.54, 1.807) is 12.1 Å². The number of carbonyl (C=O) groups is 1. The summed E-state index contributed by atoms with van der Waals surface area (Å²) < 4.78 is 72.2. The molecule has 1 aliphatic heterocycles. The first-order chi connectivity index (χ1) is 18.4. The molecule has 0 spiro atoms. The van der Waals surface area contributed by atoms with Crippen LogP contribution in [0, 0.1) is 42.9 Å². The summed E-state index contributed by atoms with van der Waals surface area (Å²) in [6.45, 7) is 5.57. The molecule has 0 fully saturated rings. The van der Waals surface area contributed by atoms with Crippen LogP contribution in [0.4, 0.5) is 27.6 Å². The van der Waals surface area contributed by atoms with Crippen molar-refractivity contribution in [1.29, 1.82) is 0 Å². The number of carbonyl (C=O) groups excluding carboxylic acids is 1. The van der Waals surface area contributed by atoms with E-state index < -0.39 is 40.7 Å². The molecule has 0 N–H and O–H groups in total. The molecule has 1 amide bonds. The average molecular weight is 578 g/mol. The van der Waals surface area contributed by atoms with Gasteiger partial charge in [0.2, 0.25) is 5.82 Å². The second kappa shape index (κ2) is 9.81. The summed E-state index contributed by atoms with van der Waals surface area (Å²) in [7, 11) is 0. The molecule has 0 saturated carbocycles. The summed E-state index contributed by atoms with van der Waals surface area (Å²) in [5, 5.41) is 5.64. The van der Waals surface area contributed by atoms with Gasteiger partial charge in [0, 0.05) is 28.7 Å². The van der Waals surface area contributed by atoms with E-state index >= 15 is 0 Å². The first-order valence-corrected chi connectivity index (χ1v) is 12.3. The van der Waals surface area contributed by atoms with E-state index in [0.717, 1.165) is 27.7 Å². The SMILES string of the molecule is CC1=NN(c2c(F)c(F)c(F)c(F)c2F)C(=O)/C1=C/c1c(C)n(Cc2ccc(Cl)c(Cl)c2)c2ccc(C)cc12. The van der Waals surface area contributed by atoms with Crippen molar-refractivity contribution in [3.05, 3.63) is 103 Å². The molecule has 11 heteroatoms. The molecule has 5 rings (SSSR count). The lowest BCUT2D eigenvalue weighted by Gasteiger charge is -2.15. The maximum atomic E-state index is 14.5. The van der Waals surface area contributed by atoms with E-state index in [1.165, 1.54) is 13.0 Å². The first kappa shape index (κ1) is 26.9. The summed E-state index contributed by atoms with van der Waals surface area (Å²) in [5.41, 5.74) is 2.59. The zero-order chi connectivity index (χ0) is 28.3. The van der Waals surface area contributed by atoms with Gasteiger partial charge >= 0.3 is 0 Å². The Balaban J connectivity index is 1.63. The van der Waals surface area contributed by atoms with Crippen LogP contribution in [0.3, 0.4) is 0 Å². The van der Waals surface area contributed by atoms with Gasteiger partial charge in [-0.1, -0.05) is 40.9 Å². The van der Waals surface area contributed by atoms with Crippen molar-refractivity contribution in [3.63, 3.8) is 0 Å². The highest BCUT2D eigenvalue weighted by Crippen LogP contribution is 2.36. The molecule has 4 aromatic rings. The molecular weight excluding hydrogens is 560 g/mol. The lowest BCUT2D eigenvalue weighted by molar-refractivity contribution is -0.114. The maximum Gasteiger partial charge on any atom is 0.280 e. The molecule has 1 aromatic heterocycles. The van der Waals surface area contributed by atoms with Crippen molar-refractivity contribution < 1.29 is 26.7 Å². The highest BCUT2D eigenvalue weighted by molar-refractivity contribution is 6.42. The minimum Gasteiger partial charge on any atom is -0.340 e. The third kappa shape index (κ3) is 4.39. The molecule has 0 radical (unpaired) electrons. The number of nitrogens with zero attached hydrogens (tertiary/aromatic N) is 3. The van der Waals surface area contributed by atoms with E-state index in [1.807, 2.05) is 42.7 Å². The Bertz CT molecular complexity index is 1750.